The number of amides is 1. The van der Waals surface area contributed by atoms with Gasteiger partial charge in [-0.3, -0.25) is 9.69 Å². The standard InChI is InChI=1S/C17H28N4O/c1-14-5-3-6-16(13-14)21-11-9-20(10-12-21)8-4-7-19-17(22)15(2)18/h3,5-6,13,15H,4,7-12,18H2,1-2H3,(H,19,22). The van der Waals surface area contributed by atoms with Crippen LogP contribution in [0.3, 0.4) is 0 Å². The topological polar surface area (TPSA) is 61.6 Å². The van der Waals surface area contributed by atoms with Gasteiger partial charge in [0.1, 0.15) is 0 Å². The highest BCUT2D eigenvalue weighted by Gasteiger charge is 2.16. The van der Waals surface area contributed by atoms with E-state index in [9.17, 15) is 4.79 Å². The van der Waals surface area contributed by atoms with Crippen LogP contribution < -0.4 is 16.0 Å². The Morgan fingerprint density at radius 1 is 1.32 bits per heavy atom. The van der Waals surface area contributed by atoms with E-state index in [2.05, 4.69) is 46.3 Å². The summed E-state index contributed by atoms with van der Waals surface area (Å²) < 4.78 is 0. The molecular formula is C17H28N4O. The number of rotatable bonds is 6. The van der Waals surface area contributed by atoms with E-state index < -0.39 is 6.04 Å². The van der Waals surface area contributed by atoms with Gasteiger partial charge in [0.15, 0.2) is 0 Å². The van der Waals surface area contributed by atoms with Crippen LogP contribution in [0.1, 0.15) is 18.9 Å². The summed E-state index contributed by atoms with van der Waals surface area (Å²) in [6.45, 7) is 9.87. The molecule has 1 amide bonds. The van der Waals surface area contributed by atoms with Crippen LogP contribution in [0, 0.1) is 6.92 Å². The van der Waals surface area contributed by atoms with Gasteiger partial charge in [-0.2, -0.15) is 0 Å². The van der Waals surface area contributed by atoms with Gasteiger partial charge in [-0.25, -0.2) is 0 Å². The Kier molecular flexibility index (Phi) is 6.21. The summed E-state index contributed by atoms with van der Waals surface area (Å²) in [4.78, 5) is 16.3. The largest absolute Gasteiger partial charge is 0.369 e. The van der Waals surface area contributed by atoms with Crippen molar-refractivity contribution in [3.8, 4) is 0 Å². The Balaban J connectivity index is 1.66. The molecular weight excluding hydrogens is 276 g/mol. The molecule has 1 aliphatic heterocycles. The summed E-state index contributed by atoms with van der Waals surface area (Å²) in [5, 5.41) is 2.86. The Morgan fingerprint density at radius 3 is 2.68 bits per heavy atom. The molecule has 22 heavy (non-hydrogen) atoms. The average Bonchev–Trinajstić information content (AvgIpc) is 2.52. The molecule has 1 aromatic rings. The number of anilines is 1. The third-order valence-electron chi connectivity index (χ3n) is 4.10. The fourth-order valence-corrected chi connectivity index (χ4v) is 2.73. The van der Waals surface area contributed by atoms with Crippen LogP contribution in [0.5, 0.6) is 0 Å². The summed E-state index contributed by atoms with van der Waals surface area (Å²) in [5.74, 6) is -0.0655. The second kappa shape index (κ2) is 8.15. The molecule has 5 nitrogen and oxygen atoms in total. The van der Waals surface area contributed by atoms with Crippen molar-refractivity contribution < 1.29 is 4.79 Å². The number of hydrogen-bond acceptors (Lipinski definition) is 4. The second-order valence-corrected chi connectivity index (χ2v) is 6.10. The van der Waals surface area contributed by atoms with Gasteiger partial charge in [-0.15, -0.1) is 0 Å². The van der Waals surface area contributed by atoms with Crippen molar-refractivity contribution in [1.82, 2.24) is 10.2 Å². The van der Waals surface area contributed by atoms with Crippen molar-refractivity contribution in [1.29, 1.82) is 0 Å². The van der Waals surface area contributed by atoms with Crippen LogP contribution in [0.4, 0.5) is 5.69 Å². The highest BCUT2D eigenvalue weighted by atomic mass is 16.2. The molecule has 0 aromatic heterocycles. The number of nitrogens with two attached hydrogens (primary N) is 1. The number of aryl methyl sites for hydroxylation is 1. The molecule has 5 heteroatoms. The zero-order chi connectivity index (χ0) is 15.9. The summed E-state index contributed by atoms with van der Waals surface area (Å²) in [5.41, 5.74) is 8.15. The van der Waals surface area contributed by atoms with Gasteiger partial charge in [0.2, 0.25) is 5.91 Å². The van der Waals surface area contributed by atoms with Gasteiger partial charge in [-0.1, -0.05) is 12.1 Å². The molecule has 0 radical (unpaired) electrons. The molecule has 1 atom stereocenters. The molecule has 0 spiro atoms. The maximum atomic E-state index is 11.4. The Hall–Kier alpha value is -1.59. The number of benzene rings is 1. The van der Waals surface area contributed by atoms with Gasteiger partial charge in [-0.05, 0) is 44.5 Å². The van der Waals surface area contributed by atoms with Gasteiger partial charge in [0, 0.05) is 38.4 Å². The smallest absolute Gasteiger partial charge is 0.236 e. The average molecular weight is 304 g/mol. The molecule has 1 saturated heterocycles. The van der Waals surface area contributed by atoms with Crippen LogP contribution >= 0.6 is 0 Å². The van der Waals surface area contributed by atoms with Crippen LogP contribution in [0.25, 0.3) is 0 Å². The van der Waals surface area contributed by atoms with E-state index in [0.717, 1.165) is 39.1 Å². The lowest BCUT2D eigenvalue weighted by molar-refractivity contribution is -0.121. The first-order valence-corrected chi connectivity index (χ1v) is 8.13. The number of piperazine rings is 1. The Morgan fingerprint density at radius 2 is 2.05 bits per heavy atom. The van der Waals surface area contributed by atoms with Crippen LogP contribution in [-0.2, 0) is 4.79 Å². The fourth-order valence-electron chi connectivity index (χ4n) is 2.73. The molecule has 0 bridgehead atoms. The van der Waals surface area contributed by atoms with E-state index >= 15 is 0 Å². The van der Waals surface area contributed by atoms with Crippen LogP contribution in [-0.4, -0.2) is 56.1 Å². The first-order valence-electron chi connectivity index (χ1n) is 8.13. The summed E-state index contributed by atoms with van der Waals surface area (Å²) in [6.07, 6.45) is 0.975. The lowest BCUT2D eigenvalue weighted by Crippen LogP contribution is -2.47. The summed E-state index contributed by atoms with van der Waals surface area (Å²) in [7, 11) is 0. The second-order valence-electron chi connectivity index (χ2n) is 6.10. The van der Waals surface area contributed by atoms with E-state index in [-0.39, 0.29) is 5.91 Å². The lowest BCUT2D eigenvalue weighted by atomic mass is 10.2. The van der Waals surface area contributed by atoms with E-state index in [1.54, 1.807) is 6.92 Å². The molecule has 1 aliphatic rings. The predicted octanol–water partition coefficient (Wildman–Crippen LogP) is 0.971. The molecule has 0 aliphatic carbocycles. The maximum absolute atomic E-state index is 11.4. The third kappa shape index (κ3) is 5.00. The third-order valence-corrected chi connectivity index (χ3v) is 4.10. The quantitative estimate of drug-likeness (QED) is 0.769. The van der Waals surface area contributed by atoms with Gasteiger partial charge >= 0.3 is 0 Å². The molecule has 1 unspecified atom stereocenters. The maximum Gasteiger partial charge on any atom is 0.236 e. The summed E-state index contributed by atoms with van der Waals surface area (Å²) in [6, 6.07) is 8.28. The van der Waals surface area contributed by atoms with Crippen molar-refractivity contribution in [2.24, 2.45) is 5.73 Å². The van der Waals surface area contributed by atoms with Crippen molar-refractivity contribution in [3.05, 3.63) is 29.8 Å². The number of hydrogen-bond donors (Lipinski definition) is 2. The molecule has 1 fully saturated rings. The fraction of sp³-hybridized carbons (Fsp3) is 0.588. The molecule has 122 valence electrons. The zero-order valence-electron chi connectivity index (χ0n) is 13.7. The minimum atomic E-state index is -0.419. The minimum Gasteiger partial charge on any atom is -0.369 e. The zero-order valence-corrected chi connectivity index (χ0v) is 13.7. The van der Waals surface area contributed by atoms with Gasteiger partial charge < -0.3 is 16.0 Å². The van der Waals surface area contributed by atoms with E-state index in [1.165, 1.54) is 11.3 Å². The normalized spacial score (nSPS) is 17.3. The highest BCUT2D eigenvalue weighted by molar-refractivity contribution is 5.80. The van der Waals surface area contributed by atoms with E-state index in [1.807, 2.05) is 0 Å². The number of nitrogens with zero attached hydrogens (tertiary/aromatic N) is 2. The molecule has 1 aromatic carbocycles. The predicted molar refractivity (Wildman–Crippen MR) is 91.1 cm³/mol. The van der Waals surface area contributed by atoms with Crippen molar-refractivity contribution >= 4 is 11.6 Å². The number of nitrogens with one attached hydrogen (secondary N) is 1. The van der Waals surface area contributed by atoms with E-state index in [0.29, 0.717) is 6.54 Å². The molecule has 2 rings (SSSR count). The van der Waals surface area contributed by atoms with Crippen LogP contribution in [0.15, 0.2) is 24.3 Å². The van der Waals surface area contributed by atoms with Crippen LogP contribution in [0.2, 0.25) is 0 Å². The first-order chi connectivity index (χ1) is 10.6. The highest BCUT2D eigenvalue weighted by Crippen LogP contribution is 2.17. The van der Waals surface area contributed by atoms with Crippen molar-refractivity contribution in [2.45, 2.75) is 26.3 Å². The monoisotopic (exact) mass is 304 g/mol. The number of carbonyl (C=O) groups excluding carboxylic acids is 1. The Labute approximate surface area is 133 Å². The van der Waals surface area contributed by atoms with Gasteiger partial charge in [0.25, 0.3) is 0 Å². The SMILES string of the molecule is Cc1cccc(N2CCN(CCCNC(=O)C(C)N)CC2)c1. The van der Waals surface area contributed by atoms with Gasteiger partial charge in [0.05, 0.1) is 6.04 Å². The first kappa shape index (κ1) is 16.8. The number of carbonyl (C=O) groups is 1. The minimum absolute atomic E-state index is 0.0655. The lowest BCUT2D eigenvalue weighted by Gasteiger charge is -2.36. The Bertz CT molecular complexity index is 481. The molecule has 1 heterocycles. The van der Waals surface area contributed by atoms with E-state index in [4.69, 9.17) is 5.73 Å². The molecule has 3 N–H and O–H groups in total. The summed E-state index contributed by atoms with van der Waals surface area (Å²) >= 11 is 0. The van der Waals surface area contributed by atoms with Crippen molar-refractivity contribution in [3.63, 3.8) is 0 Å². The van der Waals surface area contributed by atoms with Crippen molar-refractivity contribution in [2.75, 3.05) is 44.2 Å². The molecule has 0 saturated carbocycles.